The molecule has 1 fully saturated rings. The third kappa shape index (κ3) is 5.58. The number of aromatic nitrogens is 1. The van der Waals surface area contributed by atoms with E-state index in [-0.39, 0.29) is 17.7 Å². The van der Waals surface area contributed by atoms with Crippen molar-refractivity contribution in [3.8, 4) is 10.6 Å². The summed E-state index contributed by atoms with van der Waals surface area (Å²) in [7, 11) is 0. The molecule has 3 aromatic rings. The molecule has 2 aromatic carbocycles. The summed E-state index contributed by atoms with van der Waals surface area (Å²) in [6, 6.07) is 18.5. The molecular weight excluding hydrogens is 406 g/mol. The minimum Gasteiger partial charge on any atom is -0.355 e. The zero-order valence-electron chi connectivity index (χ0n) is 17.7. The first-order valence-electron chi connectivity index (χ1n) is 10.7. The Morgan fingerprint density at radius 1 is 1.13 bits per heavy atom. The van der Waals surface area contributed by atoms with Crippen LogP contribution in [0.15, 0.2) is 60.0 Å². The molecule has 1 saturated heterocycles. The average molecular weight is 434 g/mol. The highest BCUT2D eigenvalue weighted by Gasteiger charge is 2.33. The molecular formula is C25H27N3O2S. The first kappa shape index (κ1) is 21.2. The maximum atomic E-state index is 12.6. The van der Waals surface area contributed by atoms with Gasteiger partial charge in [0.2, 0.25) is 11.8 Å². The van der Waals surface area contributed by atoms with Crippen molar-refractivity contribution in [3.05, 3.63) is 76.8 Å². The van der Waals surface area contributed by atoms with Crippen molar-refractivity contribution < 1.29 is 9.59 Å². The predicted molar refractivity (Wildman–Crippen MR) is 124 cm³/mol. The summed E-state index contributed by atoms with van der Waals surface area (Å²) in [6.45, 7) is 3.77. The molecule has 6 heteroatoms. The molecule has 1 N–H and O–H groups in total. The maximum absolute atomic E-state index is 12.6. The van der Waals surface area contributed by atoms with E-state index in [9.17, 15) is 9.59 Å². The molecule has 1 unspecified atom stereocenters. The van der Waals surface area contributed by atoms with Gasteiger partial charge in [0.15, 0.2) is 0 Å². The molecule has 2 heterocycles. The van der Waals surface area contributed by atoms with Gasteiger partial charge in [0.1, 0.15) is 5.01 Å². The summed E-state index contributed by atoms with van der Waals surface area (Å²) < 4.78 is 0. The van der Waals surface area contributed by atoms with Crippen molar-refractivity contribution in [2.45, 2.75) is 26.2 Å². The second-order valence-corrected chi connectivity index (χ2v) is 8.89. The molecule has 1 aliphatic heterocycles. The summed E-state index contributed by atoms with van der Waals surface area (Å²) in [5.41, 5.74) is 4.53. The van der Waals surface area contributed by atoms with Crippen LogP contribution in [0.25, 0.3) is 10.6 Å². The Bertz CT molecular complexity index is 1030. The Kier molecular flexibility index (Phi) is 6.77. The molecule has 0 aliphatic carbocycles. The van der Waals surface area contributed by atoms with Crippen molar-refractivity contribution >= 4 is 23.2 Å². The Morgan fingerprint density at radius 2 is 1.90 bits per heavy atom. The number of amides is 2. The van der Waals surface area contributed by atoms with E-state index in [0.717, 1.165) is 22.7 Å². The van der Waals surface area contributed by atoms with Crippen molar-refractivity contribution in [2.75, 3.05) is 19.6 Å². The first-order valence-corrected chi connectivity index (χ1v) is 11.6. The second kappa shape index (κ2) is 9.88. The zero-order chi connectivity index (χ0) is 21.6. The maximum Gasteiger partial charge on any atom is 0.225 e. The Labute approximate surface area is 187 Å². The smallest absolute Gasteiger partial charge is 0.225 e. The third-order valence-corrected chi connectivity index (χ3v) is 6.57. The molecule has 31 heavy (non-hydrogen) atoms. The Hall–Kier alpha value is -2.99. The summed E-state index contributed by atoms with van der Waals surface area (Å²) in [6.07, 6.45) is 1.80. The van der Waals surface area contributed by atoms with E-state index in [2.05, 4.69) is 53.6 Å². The van der Waals surface area contributed by atoms with Crippen LogP contribution in [0.3, 0.4) is 0 Å². The quantitative estimate of drug-likeness (QED) is 0.587. The molecule has 0 bridgehead atoms. The van der Waals surface area contributed by atoms with Crippen LogP contribution in [0.4, 0.5) is 0 Å². The van der Waals surface area contributed by atoms with Crippen LogP contribution in [-0.4, -0.2) is 41.3 Å². The van der Waals surface area contributed by atoms with Crippen LogP contribution in [0.2, 0.25) is 0 Å². The topological polar surface area (TPSA) is 62.3 Å². The average Bonchev–Trinajstić information content (AvgIpc) is 3.40. The normalized spacial score (nSPS) is 16.0. The van der Waals surface area contributed by atoms with Gasteiger partial charge < -0.3 is 10.2 Å². The Balaban J connectivity index is 1.22. The summed E-state index contributed by atoms with van der Waals surface area (Å²) in [5, 5.41) is 6.04. The van der Waals surface area contributed by atoms with Crippen molar-refractivity contribution in [1.29, 1.82) is 0 Å². The van der Waals surface area contributed by atoms with Gasteiger partial charge in [-0.25, -0.2) is 4.98 Å². The van der Waals surface area contributed by atoms with Crippen molar-refractivity contribution in [2.24, 2.45) is 5.92 Å². The number of aryl methyl sites for hydroxylation is 1. The van der Waals surface area contributed by atoms with E-state index < -0.39 is 0 Å². The number of hydrogen-bond acceptors (Lipinski definition) is 4. The minimum atomic E-state index is -0.262. The van der Waals surface area contributed by atoms with E-state index >= 15 is 0 Å². The number of likely N-dealkylation sites (tertiary alicyclic amines) is 1. The molecule has 0 saturated carbocycles. The van der Waals surface area contributed by atoms with Crippen LogP contribution in [0.5, 0.6) is 0 Å². The fraction of sp³-hybridized carbons (Fsp3) is 0.320. The highest BCUT2D eigenvalue weighted by atomic mass is 32.1. The lowest BCUT2D eigenvalue weighted by Crippen LogP contribution is -2.34. The summed E-state index contributed by atoms with van der Waals surface area (Å²) >= 11 is 1.62. The molecule has 160 valence electrons. The van der Waals surface area contributed by atoms with Gasteiger partial charge in [0.05, 0.1) is 11.6 Å². The number of hydrogen-bond donors (Lipinski definition) is 1. The van der Waals surface area contributed by atoms with Gasteiger partial charge in [-0.15, -0.1) is 11.3 Å². The van der Waals surface area contributed by atoms with E-state index in [1.807, 2.05) is 28.5 Å². The number of benzene rings is 2. The van der Waals surface area contributed by atoms with Crippen LogP contribution in [-0.2, 0) is 22.4 Å². The molecule has 0 spiro atoms. The first-order chi connectivity index (χ1) is 15.1. The lowest BCUT2D eigenvalue weighted by molar-refractivity contribution is -0.129. The van der Waals surface area contributed by atoms with E-state index in [1.165, 1.54) is 11.1 Å². The summed E-state index contributed by atoms with van der Waals surface area (Å²) in [5.74, 6) is -0.232. The fourth-order valence-electron chi connectivity index (χ4n) is 3.78. The molecule has 1 aliphatic rings. The van der Waals surface area contributed by atoms with Crippen LogP contribution in [0, 0.1) is 12.8 Å². The second-order valence-electron chi connectivity index (χ2n) is 8.03. The number of rotatable bonds is 8. The number of carbonyl (C=O) groups is 2. The van der Waals surface area contributed by atoms with Crippen LogP contribution in [0.1, 0.15) is 23.2 Å². The lowest BCUT2D eigenvalue weighted by atomic mass is 10.1. The monoisotopic (exact) mass is 433 g/mol. The van der Waals surface area contributed by atoms with Gasteiger partial charge in [-0.1, -0.05) is 60.2 Å². The zero-order valence-corrected chi connectivity index (χ0v) is 18.5. The third-order valence-electron chi connectivity index (χ3n) is 5.63. The number of thiazole rings is 1. The van der Waals surface area contributed by atoms with E-state index in [4.69, 9.17) is 0 Å². The Morgan fingerprint density at radius 3 is 2.68 bits per heavy atom. The number of nitrogens with one attached hydrogen (secondary N) is 1. The minimum absolute atomic E-state index is 0.0375. The SMILES string of the molecule is Cc1ccc(-c2nc(CCNC(=O)C3CC(=O)N(CCc4ccccc4)C3)cs2)cc1. The molecule has 0 radical (unpaired) electrons. The van der Waals surface area contributed by atoms with Gasteiger partial charge >= 0.3 is 0 Å². The van der Waals surface area contributed by atoms with E-state index in [0.29, 0.717) is 32.5 Å². The number of carbonyl (C=O) groups excluding carboxylic acids is 2. The summed E-state index contributed by atoms with van der Waals surface area (Å²) in [4.78, 5) is 31.4. The van der Waals surface area contributed by atoms with Gasteiger partial charge in [-0.3, -0.25) is 9.59 Å². The number of nitrogens with zero attached hydrogens (tertiary/aromatic N) is 2. The van der Waals surface area contributed by atoms with Crippen molar-refractivity contribution in [1.82, 2.24) is 15.2 Å². The highest BCUT2D eigenvalue weighted by Crippen LogP contribution is 2.24. The van der Waals surface area contributed by atoms with Crippen LogP contribution >= 0.6 is 11.3 Å². The van der Waals surface area contributed by atoms with Gasteiger partial charge in [0.25, 0.3) is 0 Å². The predicted octanol–water partition coefficient (Wildman–Crippen LogP) is 3.87. The molecule has 1 atom stereocenters. The standard InChI is InChI=1S/C25H27N3O2S/c1-18-7-9-20(10-8-18)25-27-22(17-31-25)11-13-26-24(30)21-15-23(29)28(16-21)14-12-19-5-3-2-4-6-19/h2-10,17,21H,11-16H2,1H3,(H,26,30). The molecule has 4 rings (SSSR count). The highest BCUT2D eigenvalue weighted by molar-refractivity contribution is 7.13. The van der Waals surface area contributed by atoms with Crippen molar-refractivity contribution in [3.63, 3.8) is 0 Å². The fourth-order valence-corrected chi connectivity index (χ4v) is 4.64. The molecule has 5 nitrogen and oxygen atoms in total. The van der Waals surface area contributed by atoms with E-state index in [1.54, 1.807) is 11.3 Å². The molecule has 2 amide bonds. The van der Waals surface area contributed by atoms with Gasteiger partial charge in [-0.05, 0) is 18.9 Å². The van der Waals surface area contributed by atoms with Gasteiger partial charge in [-0.2, -0.15) is 0 Å². The largest absolute Gasteiger partial charge is 0.355 e. The lowest BCUT2D eigenvalue weighted by Gasteiger charge is -2.16. The van der Waals surface area contributed by atoms with Gasteiger partial charge in [0, 0.05) is 43.4 Å². The van der Waals surface area contributed by atoms with Crippen LogP contribution < -0.4 is 5.32 Å². The molecule has 1 aromatic heterocycles.